The maximum atomic E-state index is 12.8. The number of carbonyl (C=O) groups is 2. The summed E-state index contributed by atoms with van der Waals surface area (Å²) < 4.78 is 0. The topological polar surface area (TPSA) is 71.1 Å². The van der Waals surface area contributed by atoms with Crippen molar-refractivity contribution < 1.29 is 9.59 Å². The molecule has 0 atom stereocenters. The molecule has 0 radical (unpaired) electrons. The van der Waals surface area contributed by atoms with Crippen molar-refractivity contribution in [3.05, 3.63) is 70.9 Å². The molecule has 5 nitrogen and oxygen atoms in total. The van der Waals surface area contributed by atoms with Gasteiger partial charge >= 0.3 is 0 Å². The molecule has 1 heterocycles. The first kappa shape index (κ1) is 19.5. The summed E-state index contributed by atoms with van der Waals surface area (Å²) in [5, 5.41) is 6.40. The number of pyridine rings is 1. The van der Waals surface area contributed by atoms with Crippen LogP contribution in [0, 0.1) is 13.8 Å². The first-order chi connectivity index (χ1) is 13.4. The van der Waals surface area contributed by atoms with Gasteiger partial charge < -0.3 is 10.6 Å². The Morgan fingerprint density at radius 3 is 2.36 bits per heavy atom. The van der Waals surface area contributed by atoms with Crippen molar-refractivity contribution in [2.75, 3.05) is 11.9 Å². The van der Waals surface area contributed by atoms with Gasteiger partial charge in [-0.2, -0.15) is 0 Å². The minimum absolute atomic E-state index is 0.0970. The van der Waals surface area contributed by atoms with Gasteiger partial charge in [0.1, 0.15) is 0 Å². The minimum atomic E-state index is -0.280. The monoisotopic (exact) mass is 375 g/mol. The van der Waals surface area contributed by atoms with Gasteiger partial charge in [-0.05, 0) is 43.0 Å². The van der Waals surface area contributed by atoms with E-state index in [2.05, 4.69) is 15.6 Å². The number of carbonyl (C=O) groups excluding carboxylic acids is 2. The van der Waals surface area contributed by atoms with E-state index < -0.39 is 0 Å². The fourth-order valence-corrected chi connectivity index (χ4v) is 3.13. The number of aromatic nitrogens is 1. The zero-order valence-electron chi connectivity index (χ0n) is 16.7. The predicted molar refractivity (Wildman–Crippen MR) is 113 cm³/mol. The highest BCUT2D eigenvalue weighted by atomic mass is 16.2. The van der Waals surface area contributed by atoms with Crippen molar-refractivity contribution in [1.29, 1.82) is 0 Å². The number of rotatable bonds is 5. The summed E-state index contributed by atoms with van der Waals surface area (Å²) in [6.07, 6.45) is 0. The molecule has 28 heavy (non-hydrogen) atoms. The number of aryl methyl sites for hydroxylation is 2. The highest BCUT2D eigenvalue weighted by Crippen LogP contribution is 2.22. The number of nitrogens with zero attached hydrogens (tertiary/aromatic N) is 1. The van der Waals surface area contributed by atoms with Crippen LogP contribution in [0.2, 0.25) is 0 Å². The molecule has 0 saturated heterocycles. The number of benzene rings is 2. The zero-order chi connectivity index (χ0) is 20.3. The molecule has 2 N–H and O–H groups in total. The van der Waals surface area contributed by atoms with E-state index in [1.54, 1.807) is 0 Å². The first-order valence-corrected chi connectivity index (χ1v) is 9.40. The van der Waals surface area contributed by atoms with E-state index in [-0.39, 0.29) is 24.3 Å². The summed E-state index contributed by atoms with van der Waals surface area (Å²) in [7, 11) is 0. The van der Waals surface area contributed by atoms with Crippen LogP contribution in [0.25, 0.3) is 10.9 Å². The van der Waals surface area contributed by atoms with Gasteiger partial charge in [0.25, 0.3) is 5.91 Å². The van der Waals surface area contributed by atoms with Crippen molar-refractivity contribution in [1.82, 2.24) is 10.3 Å². The highest BCUT2D eigenvalue weighted by molar-refractivity contribution is 6.07. The molecule has 2 amide bonds. The van der Waals surface area contributed by atoms with Gasteiger partial charge in [-0.3, -0.25) is 14.6 Å². The molecule has 3 aromatic rings. The second-order valence-electron chi connectivity index (χ2n) is 7.26. The molecule has 5 heteroatoms. The largest absolute Gasteiger partial charge is 0.343 e. The maximum Gasteiger partial charge on any atom is 0.252 e. The summed E-state index contributed by atoms with van der Waals surface area (Å²) in [6, 6.07) is 15.2. The Morgan fingerprint density at radius 2 is 1.68 bits per heavy atom. The summed E-state index contributed by atoms with van der Waals surface area (Å²) in [5.74, 6) is -0.339. The number of hydrogen-bond acceptors (Lipinski definition) is 3. The number of hydrogen-bond donors (Lipinski definition) is 2. The Hall–Kier alpha value is -3.21. The number of para-hydroxylation sites is 2. The van der Waals surface area contributed by atoms with Crippen LogP contribution >= 0.6 is 0 Å². The van der Waals surface area contributed by atoms with Gasteiger partial charge in [-0.1, -0.05) is 50.2 Å². The number of amides is 2. The third-order valence-corrected chi connectivity index (χ3v) is 4.73. The Balaban J connectivity index is 1.77. The summed E-state index contributed by atoms with van der Waals surface area (Å²) in [6.45, 7) is 7.86. The van der Waals surface area contributed by atoms with Gasteiger partial charge in [-0.25, -0.2) is 0 Å². The lowest BCUT2D eigenvalue weighted by atomic mass is 10.0. The molecule has 0 aliphatic carbocycles. The molecule has 144 valence electrons. The molecule has 0 saturated carbocycles. The molecule has 0 unspecified atom stereocenters. The minimum Gasteiger partial charge on any atom is -0.343 e. The molecule has 0 bridgehead atoms. The van der Waals surface area contributed by atoms with E-state index >= 15 is 0 Å². The molecule has 2 aromatic carbocycles. The third kappa shape index (κ3) is 4.19. The maximum absolute atomic E-state index is 12.8. The van der Waals surface area contributed by atoms with E-state index in [0.717, 1.165) is 33.4 Å². The van der Waals surface area contributed by atoms with Gasteiger partial charge in [0.05, 0.1) is 17.6 Å². The number of nitrogens with one attached hydrogen (secondary N) is 2. The van der Waals surface area contributed by atoms with Crippen LogP contribution in [0.4, 0.5) is 5.69 Å². The predicted octanol–water partition coefficient (Wildman–Crippen LogP) is 4.34. The van der Waals surface area contributed by atoms with E-state index in [4.69, 9.17) is 0 Å². The van der Waals surface area contributed by atoms with Crippen molar-refractivity contribution in [2.45, 2.75) is 33.6 Å². The van der Waals surface area contributed by atoms with Crippen LogP contribution in [0.3, 0.4) is 0 Å². The van der Waals surface area contributed by atoms with E-state index in [9.17, 15) is 9.59 Å². The van der Waals surface area contributed by atoms with Crippen LogP contribution in [0.1, 0.15) is 46.9 Å². The van der Waals surface area contributed by atoms with Crippen LogP contribution < -0.4 is 10.6 Å². The fourth-order valence-electron chi connectivity index (χ4n) is 3.13. The Kier molecular flexibility index (Phi) is 5.73. The molecule has 0 fully saturated rings. The lowest BCUT2D eigenvalue weighted by Crippen LogP contribution is -2.33. The van der Waals surface area contributed by atoms with Crippen molar-refractivity contribution in [3.8, 4) is 0 Å². The van der Waals surface area contributed by atoms with E-state index in [1.165, 1.54) is 0 Å². The van der Waals surface area contributed by atoms with Crippen LogP contribution in [-0.2, 0) is 4.79 Å². The third-order valence-electron chi connectivity index (χ3n) is 4.73. The first-order valence-electron chi connectivity index (χ1n) is 9.40. The zero-order valence-corrected chi connectivity index (χ0v) is 16.7. The van der Waals surface area contributed by atoms with Gasteiger partial charge in [0, 0.05) is 16.8 Å². The average Bonchev–Trinajstić information content (AvgIpc) is 2.68. The quantitative estimate of drug-likeness (QED) is 0.697. The molecule has 0 aliphatic rings. The summed E-state index contributed by atoms with van der Waals surface area (Å²) in [4.78, 5) is 29.8. The van der Waals surface area contributed by atoms with Crippen molar-refractivity contribution in [2.24, 2.45) is 0 Å². The second-order valence-corrected chi connectivity index (χ2v) is 7.26. The highest BCUT2D eigenvalue weighted by Gasteiger charge is 2.15. The lowest BCUT2D eigenvalue weighted by Gasteiger charge is -2.13. The Morgan fingerprint density at radius 1 is 1.00 bits per heavy atom. The van der Waals surface area contributed by atoms with Crippen molar-refractivity contribution >= 4 is 28.4 Å². The molecule has 0 spiro atoms. The Labute approximate surface area is 165 Å². The lowest BCUT2D eigenvalue weighted by molar-refractivity contribution is -0.115. The van der Waals surface area contributed by atoms with Crippen LogP contribution in [0.15, 0.2) is 48.5 Å². The molecular weight excluding hydrogens is 350 g/mol. The normalized spacial score (nSPS) is 10.9. The summed E-state index contributed by atoms with van der Waals surface area (Å²) >= 11 is 0. The standard InChI is InChI=1S/C23H25N3O2/c1-14(2)20-12-18(17-10-5-6-11-19(17)25-20)23(28)24-13-21(27)26-22-15(3)8-7-9-16(22)4/h5-12,14H,13H2,1-4H3,(H,24,28)(H,26,27). The number of fused-ring (bicyclic) bond motifs is 1. The SMILES string of the molecule is Cc1cccc(C)c1NC(=O)CNC(=O)c1cc(C(C)C)nc2ccccc12. The number of anilines is 1. The average molecular weight is 375 g/mol. The smallest absolute Gasteiger partial charge is 0.252 e. The molecule has 3 rings (SSSR count). The summed E-state index contributed by atoms with van der Waals surface area (Å²) in [5.41, 5.74) is 4.93. The van der Waals surface area contributed by atoms with Gasteiger partial charge in [0.15, 0.2) is 0 Å². The second kappa shape index (κ2) is 8.21. The molecule has 0 aliphatic heterocycles. The molecular formula is C23H25N3O2. The van der Waals surface area contributed by atoms with Crippen molar-refractivity contribution in [3.63, 3.8) is 0 Å². The van der Waals surface area contributed by atoms with Gasteiger partial charge in [0.2, 0.25) is 5.91 Å². The van der Waals surface area contributed by atoms with Crippen LogP contribution in [0.5, 0.6) is 0 Å². The fraction of sp³-hybridized carbons (Fsp3) is 0.261. The Bertz CT molecular complexity index is 1020. The van der Waals surface area contributed by atoms with Crippen LogP contribution in [-0.4, -0.2) is 23.3 Å². The van der Waals surface area contributed by atoms with Gasteiger partial charge in [-0.15, -0.1) is 0 Å². The van der Waals surface area contributed by atoms with E-state index in [1.807, 2.05) is 76.2 Å². The van der Waals surface area contributed by atoms with E-state index in [0.29, 0.717) is 5.56 Å². The molecule has 1 aromatic heterocycles.